The van der Waals surface area contributed by atoms with Gasteiger partial charge >= 0.3 is 5.76 Å². The summed E-state index contributed by atoms with van der Waals surface area (Å²) in [6, 6.07) is 5.22. The van der Waals surface area contributed by atoms with E-state index in [0.29, 0.717) is 0 Å². The fourth-order valence-corrected chi connectivity index (χ4v) is 2.91. The second-order valence-electron chi connectivity index (χ2n) is 4.61. The van der Waals surface area contributed by atoms with E-state index in [0.717, 1.165) is 0 Å². The molecular weight excluding hydrogens is 403 g/mol. The topological polar surface area (TPSA) is 101 Å². The maximum atomic E-state index is 12.6. The second-order valence-corrected chi connectivity index (χ2v) is 7.05. The number of methoxy groups -OCH3 is 1. The number of sulfonamides is 1. The monoisotopic (exact) mass is 413 g/mol. The Kier molecular flexibility index (Phi) is 5.99. The molecule has 1 atom stereocenters. The van der Waals surface area contributed by atoms with E-state index in [1.807, 2.05) is 0 Å². The standard InChI is InChI=1S/C13H11Cl2F2N3O4S/c1-24-9-5-8(15)18-12(19-9)11(21)6-3-2-4-7(14)10(6)20-25(22,23)13(16)17/h2-5,11,13,20-21H,1H3. The van der Waals surface area contributed by atoms with Gasteiger partial charge in [-0.15, -0.1) is 0 Å². The molecule has 0 saturated carbocycles. The zero-order valence-corrected chi connectivity index (χ0v) is 14.8. The quantitative estimate of drug-likeness (QED) is 0.705. The van der Waals surface area contributed by atoms with Crippen molar-refractivity contribution in [3.8, 4) is 5.88 Å². The summed E-state index contributed by atoms with van der Waals surface area (Å²) in [5.74, 6) is -3.87. The number of hydrogen-bond acceptors (Lipinski definition) is 6. The third-order valence-corrected chi connectivity index (χ3v) is 4.43. The number of halogens is 4. The number of aromatic nitrogens is 2. The first kappa shape index (κ1) is 19.6. The number of alkyl halides is 2. The molecule has 0 aliphatic rings. The first-order valence-electron chi connectivity index (χ1n) is 6.50. The van der Waals surface area contributed by atoms with E-state index in [2.05, 4.69) is 9.97 Å². The van der Waals surface area contributed by atoms with Gasteiger partial charge in [0.05, 0.1) is 17.8 Å². The van der Waals surface area contributed by atoms with Crippen molar-refractivity contribution in [1.82, 2.24) is 9.97 Å². The highest BCUT2D eigenvalue weighted by molar-refractivity contribution is 7.93. The summed E-state index contributed by atoms with van der Waals surface area (Å²) in [7, 11) is -3.69. The summed E-state index contributed by atoms with van der Waals surface area (Å²) in [4.78, 5) is 7.71. The summed E-state index contributed by atoms with van der Waals surface area (Å²) in [6.07, 6.45) is -1.61. The van der Waals surface area contributed by atoms with E-state index < -0.39 is 27.6 Å². The van der Waals surface area contributed by atoms with Crippen molar-refractivity contribution in [3.63, 3.8) is 0 Å². The number of aliphatic hydroxyl groups excluding tert-OH is 1. The summed E-state index contributed by atoms with van der Waals surface area (Å²) >= 11 is 11.7. The van der Waals surface area contributed by atoms with Gasteiger partial charge in [0.15, 0.2) is 5.82 Å². The molecule has 12 heteroatoms. The summed E-state index contributed by atoms with van der Waals surface area (Å²) in [5, 5.41) is 10.2. The predicted octanol–water partition coefficient (Wildman–Crippen LogP) is 2.84. The molecule has 2 aromatic rings. The largest absolute Gasteiger partial charge is 0.481 e. The predicted molar refractivity (Wildman–Crippen MR) is 87.7 cm³/mol. The maximum Gasteiger partial charge on any atom is 0.355 e. The first-order valence-corrected chi connectivity index (χ1v) is 8.80. The van der Waals surface area contributed by atoms with Crippen LogP contribution in [0.3, 0.4) is 0 Å². The zero-order chi connectivity index (χ0) is 18.8. The Labute approximate surface area is 151 Å². The molecule has 136 valence electrons. The Bertz CT molecular complexity index is 884. The molecule has 1 unspecified atom stereocenters. The molecule has 0 fully saturated rings. The number of rotatable bonds is 6. The fraction of sp³-hybridized carbons (Fsp3) is 0.231. The Morgan fingerprint density at radius 3 is 2.56 bits per heavy atom. The molecule has 1 heterocycles. The summed E-state index contributed by atoms with van der Waals surface area (Å²) < 4.78 is 54.7. The minimum absolute atomic E-state index is 0.0439. The first-order chi connectivity index (χ1) is 11.7. The van der Waals surface area contributed by atoms with Crippen LogP contribution in [0.1, 0.15) is 17.5 Å². The van der Waals surface area contributed by atoms with Crippen LogP contribution in [0.25, 0.3) is 0 Å². The van der Waals surface area contributed by atoms with Gasteiger partial charge in [-0.3, -0.25) is 4.72 Å². The molecule has 0 amide bonds. The molecule has 0 spiro atoms. The average Bonchev–Trinajstić information content (AvgIpc) is 2.55. The number of para-hydroxylation sites is 1. The molecular formula is C13H11Cl2F2N3O4S. The molecule has 0 aliphatic heterocycles. The van der Waals surface area contributed by atoms with E-state index in [1.165, 1.54) is 31.4 Å². The van der Waals surface area contributed by atoms with E-state index in [1.54, 1.807) is 4.72 Å². The number of hydrogen-bond donors (Lipinski definition) is 2. The SMILES string of the molecule is COc1cc(Cl)nc(C(O)c2cccc(Cl)c2NS(=O)(=O)C(F)F)n1. The van der Waals surface area contributed by atoms with Crippen molar-refractivity contribution < 1.29 is 27.0 Å². The van der Waals surface area contributed by atoms with E-state index >= 15 is 0 Å². The Balaban J connectivity index is 2.53. The van der Waals surface area contributed by atoms with Gasteiger partial charge in [-0.2, -0.15) is 13.8 Å². The van der Waals surface area contributed by atoms with Gasteiger partial charge in [-0.05, 0) is 6.07 Å². The van der Waals surface area contributed by atoms with Gasteiger partial charge in [0.25, 0.3) is 10.0 Å². The van der Waals surface area contributed by atoms with Gasteiger partial charge in [-0.1, -0.05) is 35.3 Å². The zero-order valence-electron chi connectivity index (χ0n) is 12.5. The van der Waals surface area contributed by atoms with Crippen LogP contribution in [0.2, 0.25) is 10.2 Å². The normalized spacial score (nSPS) is 12.9. The lowest BCUT2D eigenvalue weighted by Crippen LogP contribution is -2.22. The van der Waals surface area contributed by atoms with Crippen molar-refractivity contribution in [1.29, 1.82) is 0 Å². The van der Waals surface area contributed by atoms with Gasteiger partial charge in [-0.25, -0.2) is 13.4 Å². The van der Waals surface area contributed by atoms with Crippen LogP contribution in [0.5, 0.6) is 5.88 Å². The Hall–Kier alpha value is -1.75. The molecule has 2 N–H and O–H groups in total. The second kappa shape index (κ2) is 7.65. The number of anilines is 1. The molecule has 0 bridgehead atoms. The maximum absolute atomic E-state index is 12.6. The number of aliphatic hydroxyl groups is 1. The van der Waals surface area contributed by atoms with Crippen molar-refractivity contribution in [2.75, 3.05) is 11.8 Å². The lowest BCUT2D eigenvalue weighted by atomic mass is 10.1. The van der Waals surface area contributed by atoms with Crippen LogP contribution < -0.4 is 9.46 Å². The highest BCUT2D eigenvalue weighted by Crippen LogP contribution is 2.34. The lowest BCUT2D eigenvalue weighted by Gasteiger charge is -2.17. The van der Waals surface area contributed by atoms with Crippen LogP contribution >= 0.6 is 23.2 Å². The van der Waals surface area contributed by atoms with Crippen LogP contribution in [0.15, 0.2) is 24.3 Å². The summed E-state index contributed by atoms with van der Waals surface area (Å²) in [6.45, 7) is 0. The van der Waals surface area contributed by atoms with Crippen molar-refractivity contribution in [2.24, 2.45) is 0 Å². The van der Waals surface area contributed by atoms with Gasteiger partial charge in [0, 0.05) is 11.6 Å². The third-order valence-electron chi connectivity index (χ3n) is 2.96. The van der Waals surface area contributed by atoms with Gasteiger partial charge in [0.2, 0.25) is 5.88 Å². The van der Waals surface area contributed by atoms with Crippen molar-refractivity contribution in [3.05, 3.63) is 45.8 Å². The van der Waals surface area contributed by atoms with Crippen LogP contribution in [0.4, 0.5) is 14.5 Å². The molecule has 7 nitrogen and oxygen atoms in total. The van der Waals surface area contributed by atoms with E-state index in [-0.39, 0.29) is 27.4 Å². The number of nitrogens with one attached hydrogen (secondary N) is 1. The minimum atomic E-state index is -5.00. The molecule has 2 rings (SSSR count). The Morgan fingerprint density at radius 2 is 1.96 bits per heavy atom. The average molecular weight is 414 g/mol. The number of benzene rings is 1. The van der Waals surface area contributed by atoms with E-state index in [4.69, 9.17) is 27.9 Å². The molecule has 0 aliphatic carbocycles. The molecule has 25 heavy (non-hydrogen) atoms. The van der Waals surface area contributed by atoms with Crippen molar-refractivity contribution in [2.45, 2.75) is 11.9 Å². The van der Waals surface area contributed by atoms with Gasteiger partial charge < -0.3 is 9.84 Å². The Morgan fingerprint density at radius 1 is 1.28 bits per heavy atom. The van der Waals surface area contributed by atoms with Crippen LogP contribution in [0, 0.1) is 0 Å². The molecule has 1 aromatic carbocycles. The van der Waals surface area contributed by atoms with Crippen LogP contribution in [-0.2, 0) is 10.0 Å². The smallest absolute Gasteiger partial charge is 0.355 e. The molecule has 1 aromatic heterocycles. The lowest BCUT2D eigenvalue weighted by molar-refractivity contribution is 0.208. The third kappa shape index (κ3) is 4.46. The van der Waals surface area contributed by atoms with Gasteiger partial charge in [0.1, 0.15) is 11.3 Å². The van der Waals surface area contributed by atoms with Crippen LogP contribution in [-0.4, -0.2) is 36.4 Å². The highest BCUT2D eigenvalue weighted by Gasteiger charge is 2.28. The minimum Gasteiger partial charge on any atom is -0.481 e. The number of ether oxygens (including phenoxy) is 1. The number of nitrogens with zero attached hydrogens (tertiary/aromatic N) is 2. The van der Waals surface area contributed by atoms with E-state index in [9.17, 15) is 22.3 Å². The van der Waals surface area contributed by atoms with Crippen molar-refractivity contribution >= 4 is 38.9 Å². The molecule has 0 radical (unpaired) electrons. The molecule has 0 saturated heterocycles. The highest BCUT2D eigenvalue weighted by atomic mass is 35.5. The fourth-order valence-electron chi connectivity index (χ4n) is 1.84. The summed E-state index contributed by atoms with van der Waals surface area (Å²) in [5.41, 5.74) is -0.555.